The fourth-order valence-corrected chi connectivity index (χ4v) is 1.94. The van der Waals surface area contributed by atoms with Crippen molar-refractivity contribution in [3.8, 4) is 0 Å². The van der Waals surface area contributed by atoms with Crippen molar-refractivity contribution in [3.63, 3.8) is 0 Å². The minimum atomic E-state index is -0.194. The second-order valence-electron chi connectivity index (χ2n) is 4.25. The SMILES string of the molecule is CCC(NCc1cccnc1)c1ccc(F)cc1. The summed E-state index contributed by atoms with van der Waals surface area (Å²) in [6.07, 6.45) is 4.58. The number of halogens is 1. The molecule has 0 aliphatic carbocycles. The smallest absolute Gasteiger partial charge is 0.123 e. The van der Waals surface area contributed by atoms with Gasteiger partial charge in [0, 0.05) is 25.0 Å². The van der Waals surface area contributed by atoms with Gasteiger partial charge in [-0.2, -0.15) is 0 Å². The van der Waals surface area contributed by atoms with Crippen LogP contribution in [0, 0.1) is 5.82 Å². The van der Waals surface area contributed by atoms with E-state index in [0.29, 0.717) is 0 Å². The van der Waals surface area contributed by atoms with Gasteiger partial charge in [0.25, 0.3) is 0 Å². The lowest BCUT2D eigenvalue weighted by molar-refractivity contribution is 0.517. The molecule has 18 heavy (non-hydrogen) atoms. The van der Waals surface area contributed by atoms with Crippen LogP contribution in [0.1, 0.15) is 30.5 Å². The summed E-state index contributed by atoms with van der Waals surface area (Å²) in [6.45, 7) is 2.88. The standard InChI is InChI=1S/C15H17FN2/c1-2-15(13-5-7-14(16)8-6-13)18-11-12-4-3-9-17-10-12/h3-10,15,18H,2,11H2,1H3. The monoisotopic (exact) mass is 244 g/mol. The molecule has 1 atom stereocenters. The van der Waals surface area contributed by atoms with Crippen molar-refractivity contribution in [3.05, 3.63) is 65.7 Å². The molecule has 94 valence electrons. The highest BCUT2D eigenvalue weighted by Gasteiger charge is 2.08. The first-order chi connectivity index (χ1) is 8.79. The average Bonchev–Trinajstić information content (AvgIpc) is 2.42. The zero-order valence-electron chi connectivity index (χ0n) is 10.4. The molecular formula is C15H17FN2. The van der Waals surface area contributed by atoms with Gasteiger partial charge in [-0.05, 0) is 35.7 Å². The minimum Gasteiger partial charge on any atom is -0.306 e. The highest BCUT2D eigenvalue weighted by Crippen LogP contribution is 2.17. The molecule has 0 saturated carbocycles. The summed E-state index contributed by atoms with van der Waals surface area (Å²) in [5, 5.41) is 3.46. The van der Waals surface area contributed by atoms with Crippen LogP contribution < -0.4 is 5.32 Å². The fourth-order valence-electron chi connectivity index (χ4n) is 1.94. The van der Waals surface area contributed by atoms with Crippen molar-refractivity contribution < 1.29 is 4.39 Å². The van der Waals surface area contributed by atoms with E-state index in [-0.39, 0.29) is 11.9 Å². The molecule has 3 heteroatoms. The van der Waals surface area contributed by atoms with Crippen LogP contribution in [0.25, 0.3) is 0 Å². The van der Waals surface area contributed by atoms with Crippen molar-refractivity contribution in [2.75, 3.05) is 0 Å². The lowest BCUT2D eigenvalue weighted by Gasteiger charge is -2.17. The second-order valence-corrected chi connectivity index (χ2v) is 4.25. The molecular weight excluding hydrogens is 227 g/mol. The van der Waals surface area contributed by atoms with E-state index in [0.717, 1.165) is 24.1 Å². The molecule has 0 amide bonds. The Hall–Kier alpha value is -1.74. The molecule has 0 fully saturated rings. The van der Waals surface area contributed by atoms with Crippen molar-refractivity contribution >= 4 is 0 Å². The van der Waals surface area contributed by atoms with Crippen LogP contribution in [0.4, 0.5) is 4.39 Å². The van der Waals surface area contributed by atoms with E-state index in [2.05, 4.69) is 17.2 Å². The van der Waals surface area contributed by atoms with Crippen molar-refractivity contribution in [2.24, 2.45) is 0 Å². The Bertz CT molecular complexity index is 468. The molecule has 0 aliphatic heterocycles. The Morgan fingerprint density at radius 2 is 2.00 bits per heavy atom. The third-order valence-electron chi connectivity index (χ3n) is 2.96. The third kappa shape index (κ3) is 3.37. The van der Waals surface area contributed by atoms with Gasteiger partial charge in [0.2, 0.25) is 0 Å². The summed E-state index contributed by atoms with van der Waals surface area (Å²) >= 11 is 0. The van der Waals surface area contributed by atoms with Crippen molar-refractivity contribution in [1.82, 2.24) is 10.3 Å². The maximum atomic E-state index is 12.9. The number of hydrogen-bond acceptors (Lipinski definition) is 2. The number of nitrogens with zero attached hydrogens (tertiary/aromatic N) is 1. The zero-order valence-corrected chi connectivity index (χ0v) is 10.4. The van der Waals surface area contributed by atoms with Gasteiger partial charge in [0.05, 0.1) is 0 Å². The molecule has 2 aromatic rings. The first kappa shape index (κ1) is 12.7. The van der Waals surface area contributed by atoms with Crippen LogP contribution >= 0.6 is 0 Å². The molecule has 1 N–H and O–H groups in total. The Balaban J connectivity index is 1.99. The molecule has 2 nitrogen and oxygen atoms in total. The lowest BCUT2D eigenvalue weighted by Crippen LogP contribution is -2.20. The van der Waals surface area contributed by atoms with Gasteiger partial charge in [-0.15, -0.1) is 0 Å². The van der Waals surface area contributed by atoms with Crippen LogP contribution in [0.15, 0.2) is 48.8 Å². The number of hydrogen-bond donors (Lipinski definition) is 1. The summed E-state index contributed by atoms with van der Waals surface area (Å²) in [7, 11) is 0. The summed E-state index contributed by atoms with van der Waals surface area (Å²) in [4.78, 5) is 4.08. The predicted molar refractivity (Wildman–Crippen MR) is 70.5 cm³/mol. The van der Waals surface area contributed by atoms with E-state index >= 15 is 0 Å². The van der Waals surface area contributed by atoms with Gasteiger partial charge < -0.3 is 5.32 Å². The van der Waals surface area contributed by atoms with Crippen molar-refractivity contribution in [1.29, 1.82) is 0 Å². The zero-order chi connectivity index (χ0) is 12.8. The minimum absolute atomic E-state index is 0.194. The molecule has 1 aromatic heterocycles. The quantitative estimate of drug-likeness (QED) is 0.871. The number of aromatic nitrogens is 1. The number of pyridine rings is 1. The maximum Gasteiger partial charge on any atom is 0.123 e. The first-order valence-electron chi connectivity index (χ1n) is 6.17. The number of rotatable bonds is 5. The molecule has 1 aromatic carbocycles. The van der Waals surface area contributed by atoms with E-state index < -0.39 is 0 Å². The van der Waals surface area contributed by atoms with Gasteiger partial charge in [0.1, 0.15) is 5.82 Å². The largest absolute Gasteiger partial charge is 0.306 e. The molecule has 2 rings (SSSR count). The Morgan fingerprint density at radius 1 is 1.22 bits per heavy atom. The van der Waals surface area contributed by atoms with Gasteiger partial charge >= 0.3 is 0 Å². The topological polar surface area (TPSA) is 24.9 Å². The molecule has 1 heterocycles. The number of nitrogens with one attached hydrogen (secondary N) is 1. The van der Waals surface area contributed by atoms with Crippen LogP contribution in [0.2, 0.25) is 0 Å². The molecule has 0 radical (unpaired) electrons. The van der Waals surface area contributed by atoms with Gasteiger partial charge in [-0.3, -0.25) is 4.98 Å². The first-order valence-corrected chi connectivity index (χ1v) is 6.17. The normalized spacial score (nSPS) is 12.3. The number of benzene rings is 1. The van der Waals surface area contributed by atoms with Crippen LogP contribution in [0.3, 0.4) is 0 Å². The summed E-state index contributed by atoms with van der Waals surface area (Å²) in [6, 6.07) is 10.9. The van der Waals surface area contributed by atoms with Crippen LogP contribution in [-0.2, 0) is 6.54 Å². The molecule has 1 unspecified atom stereocenters. The maximum absolute atomic E-state index is 12.9. The highest BCUT2D eigenvalue weighted by molar-refractivity contribution is 5.20. The highest BCUT2D eigenvalue weighted by atomic mass is 19.1. The lowest BCUT2D eigenvalue weighted by atomic mass is 10.0. The summed E-state index contributed by atoms with van der Waals surface area (Å²) < 4.78 is 12.9. The van der Waals surface area contributed by atoms with E-state index in [1.165, 1.54) is 12.1 Å². The van der Waals surface area contributed by atoms with Crippen LogP contribution in [0.5, 0.6) is 0 Å². The average molecular weight is 244 g/mol. The second kappa shape index (κ2) is 6.26. The Morgan fingerprint density at radius 3 is 2.61 bits per heavy atom. The third-order valence-corrected chi connectivity index (χ3v) is 2.96. The molecule has 0 bridgehead atoms. The Labute approximate surface area is 107 Å². The van der Waals surface area contributed by atoms with E-state index in [9.17, 15) is 4.39 Å². The van der Waals surface area contributed by atoms with Gasteiger partial charge in [-0.25, -0.2) is 4.39 Å². The molecule has 0 spiro atoms. The molecule has 0 aliphatic rings. The van der Waals surface area contributed by atoms with E-state index in [1.807, 2.05) is 30.5 Å². The fraction of sp³-hybridized carbons (Fsp3) is 0.267. The van der Waals surface area contributed by atoms with E-state index in [1.54, 1.807) is 6.20 Å². The van der Waals surface area contributed by atoms with Crippen molar-refractivity contribution in [2.45, 2.75) is 25.9 Å². The predicted octanol–water partition coefficient (Wildman–Crippen LogP) is 3.46. The molecule has 0 saturated heterocycles. The van der Waals surface area contributed by atoms with Gasteiger partial charge in [-0.1, -0.05) is 25.1 Å². The van der Waals surface area contributed by atoms with Gasteiger partial charge in [0.15, 0.2) is 0 Å². The Kier molecular flexibility index (Phi) is 4.42. The van der Waals surface area contributed by atoms with Crippen LogP contribution in [-0.4, -0.2) is 4.98 Å². The summed E-state index contributed by atoms with van der Waals surface area (Å²) in [5.41, 5.74) is 2.26. The summed E-state index contributed by atoms with van der Waals surface area (Å²) in [5.74, 6) is -0.194. The van der Waals surface area contributed by atoms with E-state index in [4.69, 9.17) is 0 Å².